The summed E-state index contributed by atoms with van der Waals surface area (Å²) in [5.74, 6) is 0.279. The van der Waals surface area contributed by atoms with Gasteiger partial charge in [-0.2, -0.15) is 0 Å². The van der Waals surface area contributed by atoms with Gasteiger partial charge in [0.05, 0.1) is 11.9 Å². The Morgan fingerprint density at radius 3 is 2.60 bits per heavy atom. The van der Waals surface area contributed by atoms with Crippen LogP contribution in [0, 0.1) is 5.92 Å². The van der Waals surface area contributed by atoms with Crippen molar-refractivity contribution in [2.45, 2.75) is 45.1 Å². The van der Waals surface area contributed by atoms with E-state index in [1.165, 1.54) is 0 Å². The minimum absolute atomic E-state index is 0.102. The molecule has 0 aliphatic heterocycles. The van der Waals surface area contributed by atoms with Crippen LogP contribution < -0.4 is 4.72 Å². The van der Waals surface area contributed by atoms with E-state index in [9.17, 15) is 13.5 Å². The third-order valence-corrected chi connectivity index (χ3v) is 4.46. The number of aliphatic hydroxyl groups excluding tert-OH is 1. The van der Waals surface area contributed by atoms with Crippen LogP contribution in [0.1, 0.15) is 39.0 Å². The van der Waals surface area contributed by atoms with E-state index in [4.69, 9.17) is 0 Å². The highest BCUT2D eigenvalue weighted by atomic mass is 32.2. The molecule has 0 spiro atoms. The number of rotatable bonds is 5. The lowest BCUT2D eigenvalue weighted by Gasteiger charge is -2.27. The first-order chi connectivity index (χ1) is 7.05. The summed E-state index contributed by atoms with van der Waals surface area (Å²) >= 11 is 0. The third kappa shape index (κ3) is 4.49. The zero-order valence-electron chi connectivity index (χ0n) is 9.28. The highest BCUT2D eigenvalue weighted by Gasteiger charge is 2.24. The molecule has 2 atom stereocenters. The number of nitrogens with one attached hydrogen (secondary N) is 1. The van der Waals surface area contributed by atoms with E-state index >= 15 is 0 Å². The number of sulfonamides is 1. The Morgan fingerprint density at radius 2 is 2.00 bits per heavy atom. The molecule has 0 radical (unpaired) electrons. The van der Waals surface area contributed by atoms with Crippen molar-refractivity contribution in [2.24, 2.45) is 5.92 Å². The molecule has 4 nitrogen and oxygen atoms in total. The van der Waals surface area contributed by atoms with Crippen molar-refractivity contribution in [1.82, 2.24) is 4.72 Å². The van der Waals surface area contributed by atoms with Gasteiger partial charge >= 0.3 is 0 Å². The Kier molecular flexibility index (Phi) is 5.02. The molecule has 1 fully saturated rings. The third-order valence-electron chi connectivity index (χ3n) is 2.91. The predicted octanol–water partition coefficient (Wildman–Crippen LogP) is 0.867. The summed E-state index contributed by atoms with van der Waals surface area (Å²) in [5, 5.41) is 9.66. The fourth-order valence-corrected chi connectivity index (χ4v) is 3.15. The summed E-state index contributed by atoms with van der Waals surface area (Å²) in [4.78, 5) is 0. The molecule has 0 aromatic rings. The number of hydrogen-bond acceptors (Lipinski definition) is 3. The topological polar surface area (TPSA) is 66.4 Å². The molecule has 0 aromatic heterocycles. The molecule has 0 saturated heterocycles. The average Bonchev–Trinajstić information content (AvgIpc) is 2.16. The zero-order valence-corrected chi connectivity index (χ0v) is 10.1. The van der Waals surface area contributed by atoms with Gasteiger partial charge in [0.25, 0.3) is 0 Å². The second kappa shape index (κ2) is 5.82. The van der Waals surface area contributed by atoms with Gasteiger partial charge in [0, 0.05) is 6.54 Å². The number of aliphatic hydroxyl groups is 1. The van der Waals surface area contributed by atoms with Crippen LogP contribution in [0.2, 0.25) is 0 Å². The normalized spacial score (nSPS) is 27.9. The second-order valence-corrected chi connectivity index (χ2v) is 6.21. The van der Waals surface area contributed by atoms with Gasteiger partial charge in [0.1, 0.15) is 0 Å². The fraction of sp³-hybridized carbons (Fsp3) is 1.00. The highest BCUT2D eigenvalue weighted by molar-refractivity contribution is 7.89. The smallest absolute Gasteiger partial charge is 0.211 e. The van der Waals surface area contributed by atoms with Crippen LogP contribution in [0.5, 0.6) is 0 Å². The SMILES string of the molecule is CCCS(=O)(=O)NCC1CCCCC1O. The maximum Gasteiger partial charge on any atom is 0.211 e. The van der Waals surface area contributed by atoms with Crippen molar-refractivity contribution in [3.05, 3.63) is 0 Å². The molecule has 2 N–H and O–H groups in total. The molecule has 0 aromatic carbocycles. The molecule has 0 heterocycles. The van der Waals surface area contributed by atoms with E-state index < -0.39 is 10.0 Å². The van der Waals surface area contributed by atoms with Gasteiger partial charge in [-0.05, 0) is 25.2 Å². The van der Waals surface area contributed by atoms with Gasteiger partial charge in [-0.1, -0.05) is 19.8 Å². The van der Waals surface area contributed by atoms with Crippen LogP contribution in [0.25, 0.3) is 0 Å². The van der Waals surface area contributed by atoms with Crippen LogP contribution >= 0.6 is 0 Å². The van der Waals surface area contributed by atoms with Crippen molar-refractivity contribution in [3.63, 3.8) is 0 Å². The van der Waals surface area contributed by atoms with Crippen molar-refractivity contribution < 1.29 is 13.5 Å². The Morgan fingerprint density at radius 1 is 1.33 bits per heavy atom. The molecular formula is C10H21NO3S. The van der Waals surface area contributed by atoms with Crippen molar-refractivity contribution >= 4 is 10.0 Å². The second-order valence-electron chi connectivity index (χ2n) is 4.28. The lowest BCUT2D eigenvalue weighted by Crippen LogP contribution is -2.37. The molecule has 5 heteroatoms. The Balaban J connectivity index is 2.35. The summed E-state index contributed by atoms with van der Waals surface area (Å²) in [6.45, 7) is 2.23. The molecule has 1 rings (SSSR count). The summed E-state index contributed by atoms with van der Waals surface area (Å²) in [5.41, 5.74) is 0. The molecule has 1 aliphatic rings. The molecular weight excluding hydrogens is 214 g/mol. The van der Waals surface area contributed by atoms with E-state index in [0.717, 1.165) is 25.7 Å². The summed E-state index contributed by atoms with van der Waals surface area (Å²) < 4.78 is 25.3. The zero-order chi connectivity index (χ0) is 11.3. The van der Waals surface area contributed by atoms with E-state index in [-0.39, 0.29) is 17.8 Å². The highest BCUT2D eigenvalue weighted by Crippen LogP contribution is 2.23. The minimum Gasteiger partial charge on any atom is -0.393 e. The summed E-state index contributed by atoms with van der Waals surface area (Å²) in [7, 11) is -3.12. The fourth-order valence-electron chi connectivity index (χ4n) is 2.00. The van der Waals surface area contributed by atoms with E-state index in [0.29, 0.717) is 13.0 Å². The van der Waals surface area contributed by atoms with Gasteiger partial charge < -0.3 is 5.11 Å². The maximum absolute atomic E-state index is 11.4. The quantitative estimate of drug-likeness (QED) is 0.743. The molecule has 0 amide bonds. The van der Waals surface area contributed by atoms with Gasteiger partial charge in [-0.25, -0.2) is 13.1 Å². The van der Waals surface area contributed by atoms with E-state index in [1.807, 2.05) is 6.92 Å². The van der Waals surface area contributed by atoms with Crippen LogP contribution in [-0.4, -0.2) is 31.9 Å². The average molecular weight is 235 g/mol. The first kappa shape index (κ1) is 12.9. The molecule has 1 saturated carbocycles. The molecule has 1 aliphatic carbocycles. The largest absolute Gasteiger partial charge is 0.393 e. The van der Waals surface area contributed by atoms with Crippen LogP contribution in [0.3, 0.4) is 0 Å². The van der Waals surface area contributed by atoms with Gasteiger partial charge in [-0.3, -0.25) is 0 Å². The Hall–Kier alpha value is -0.130. The summed E-state index contributed by atoms with van der Waals surface area (Å²) in [6, 6.07) is 0. The lowest BCUT2D eigenvalue weighted by molar-refractivity contribution is 0.0724. The van der Waals surface area contributed by atoms with Crippen LogP contribution in [0.15, 0.2) is 0 Å². The molecule has 15 heavy (non-hydrogen) atoms. The van der Waals surface area contributed by atoms with Gasteiger partial charge in [0.2, 0.25) is 10.0 Å². The lowest BCUT2D eigenvalue weighted by atomic mass is 9.87. The van der Waals surface area contributed by atoms with E-state index in [1.54, 1.807) is 0 Å². The molecule has 0 bridgehead atoms. The number of hydrogen-bond donors (Lipinski definition) is 2. The van der Waals surface area contributed by atoms with Gasteiger partial charge in [0.15, 0.2) is 0 Å². The standard InChI is InChI=1S/C10H21NO3S/c1-2-7-15(13,14)11-8-9-5-3-4-6-10(9)12/h9-12H,2-8H2,1H3. The first-order valence-electron chi connectivity index (χ1n) is 5.70. The van der Waals surface area contributed by atoms with Crippen LogP contribution in [0.4, 0.5) is 0 Å². The van der Waals surface area contributed by atoms with Crippen molar-refractivity contribution in [1.29, 1.82) is 0 Å². The summed E-state index contributed by atoms with van der Waals surface area (Å²) in [6.07, 6.45) is 4.18. The molecule has 2 unspecified atom stereocenters. The Labute approximate surface area is 92.1 Å². The van der Waals surface area contributed by atoms with Crippen LogP contribution in [-0.2, 0) is 10.0 Å². The van der Waals surface area contributed by atoms with Crippen molar-refractivity contribution in [2.75, 3.05) is 12.3 Å². The first-order valence-corrected chi connectivity index (χ1v) is 7.36. The van der Waals surface area contributed by atoms with Crippen molar-refractivity contribution in [3.8, 4) is 0 Å². The molecule has 90 valence electrons. The maximum atomic E-state index is 11.4. The van der Waals surface area contributed by atoms with E-state index in [2.05, 4.69) is 4.72 Å². The van der Waals surface area contributed by atoms with Gasteiger partial charge in [-0.15, -0.1) is 0 Å². The predicted molar refractivity (Wildman–Crippen MR) is 60.0 cm³/mol. The Bertz CT molecular complexity index is 276. The monoisotopic (exact) mass is 235 g/mol. The minimum atomic E-state index is -3.12.